The first-order valence-electron chi connectivity index (χ1n) is 10.5. The molecule has 0 spiro atoms. The van der Waals surface area contributed by atoms with Crippen molar-refractivity contribution in [1.29, 1.82) is 0 Å². The molecule has 1 aliphatic rings. The van der Waals surface area contributed by atoms with Crippen molar-refractivity contribution in [3.05, 3.63) is 30.1 Å². The molecule has 30 heavy (non-hydrogen) atoms. The zero-order valence-electron chi connectivity index (χ0n) is 18.1. The normalized spacial score (nSPS) is 17.2. The molecule has 0 aromatic carbocycles. The van der Waals surface area contributed by atoms with Gasteiger partial charge in [0.25, 0.3) is 0 Å². The lowest BCUT2D eigenvalue weighted by molar-refractivity contribution is -0.213. The van der Waals surface area contributed by atoms with Gasteiger partial charge >= 0.3 is 0 Å². The number of hydrogen-bond donors (Lipinski definition) is 1. The molecular formula is C22H33N3O4S. The summed E-state index contributed by atoms with van der Waals surface area (Å²) in [4.78, 5) is 45.8. The van der Waals surface area contributed by atoms with Crippen LogP contribution < -0.4 is 5.32 Å². The highest BCUT2D eigenvalue weighted by Crippen LogP contribution is 2.35. The lowest BCUT2D eigenvalue weighted by Crippen LogP contribution is -2.40. The number of nitrogens with one attached hydrogen (secondary N) is 1. The molecule has 1 aliphatic heterocycles. The number of hydroxylamine groups is 2. The number of ketones is 1. The Bertz CT molecular complexity index is 675. The highest BCUT2D eigenvalue weighted by Gasteiger charge is 2.35. The third-order valence-electron chi connectivity index (χ3n) is 5.01. The number of thioether (sulfide) groups is 1. The average Bonchev–Trinajstić information content (AvgIpc) is 2.74. The van der Waals surface area contributed by atoms with Gasteiger partial charge in [-0.1, -0.05) is 0 Å². The maximum atomic E-state index is 13.2. The summed E-state index contributed by atoms with van der Waals surface area (Å²) in [7, 11) is 0. The lowest BCUT2D eigenvalue weighted by atomic mass is 9.82. The van der Waals surface area contributed by atoms with Gasteiger partial charge in [0, 0.05) is 41.3 Å². The first-order chi connectivity index (χ1) is 14.4. The third kappa shape index (κ3) is 7.81. The van der Waals surface area contributed by atoms with Crippen molar-refractivity contribution >= 4 is 30.2 Å². The van der Waals surface area contributed by atoms with E-state index in [1.165, 1.54) is 5.06 Å². The molecule has 7 nitrogen and oxygen atoms in total. The first-order valence-corrected chi connectivity index (χ1v) is 11.5. The molecule has 8 heteroatoms. The summed E-state index contributed by atoms with van der Waals surface area (Å²) in [5, 5.41) is 4.67. The van der Waals surface area contributed by atoms with Crippen LogP contribution in [-0.4, -0.2) is 64.8 Å². The molecule has 0 saturated carbocycles. The van der Waals surface area contributed by atoms with Crippen LogP contribution in [0.1, 0.15) is 50.4 Å². The Morgan fingerprint density at radius 2 is 2.10 bits per heavy atom. The smallest absolute Gasteiger partial charge is 0.233 e. The highest BCUT2D eigenvalue weighted by atomic mass is 32.2. The summed E-state index contributed by atoms with van der Waals surface area (Å²) in [6.45, 7) is 7.90. The number of pyridine rings is 1. The molecule has 1 aromatic heterocycles. The zero-order chi connectivity index (χ0) is 22.0. The molecule has 1 fully saturated rings. The van der Waals surface area contributed by atoms with Gasteiger partial charge in [-0.2, -0.15) is 11.8 Å². The van der Waals surface area contributed by atoms with Gasteiger partial charge in [0.2, 0.25) is 6.41 Å². The second-order valence-electron chi connectivity index (χ2n) is 8.49. The second kappa shape index (κ2) is 12.2. The molecule has 0 bridgehead atoms. The second-order valence-corrected chi connectivity index (χ2v) is 9.77. The molecule has 2 unspecified atom stereocenters. The van der Waals surface area contributed by atoms with Crippen molar-refractivity contribution < 1.29 is 19.2 Å². The number of carbonyl (C=O) groups is 3. The van der Waals surface area contributed by atoms with Crippen LogP contribution in [0.25, 0.3) is 0 Å². The van der Waals surface area contributed by atoms with Gasteiger partial charge in [0.05, 0.1) is 12.1 Å². The highest BCUT2D eigenvalue weighted by molar-refractivity contribution is 8.00. The molecule has 0 aliphatic carbocycles. The lowest BCUT2D eigenvalue weighted by Gasteiger charge is -2.35. The molecule has 1 aromatic rings. The Morgan fingerprint density at radius 3 is 2.67 bits per heavy atom. The van der Waals surface area contributed by atoms with Crippen LogP contribution >= 0.6 is 11.8 Å². The van der Waals surface area contributed by atoms with E-state index in [4.69, 9.17) is 4.84 Å². The largest absolute Gasteiger partial charge is 0.317 e. The quantitative estimate of drug-likeness (QED) is 0.307. The topological polar surface area (TPSA) is 88.6 Å². The van der Waals surface area contributed by atoms with Gasteiger partial charge in [-0.25, -0.2) is 5.06 Å². The summed E-state index contributed by atoms with van der Waals surface area (Å²) >= 11 is 1.66. The Labute approximate surface area is 183 Å². The molecule has 0 radical (unpaired) electrons. The van der Waals surface area contributed by atoms with E-state index >= 15 is 0 Å². The van der Waals surface area contributed by atoms with Gasteiger partial charge in [0.1, 0.15) is 6.29 Å². The van der Waals surface area contributed by atoms with E-state index in [1.54, 1.807) is 36.3 Å². The number of amides is 1. The Balaban J connectivity index is 2.14. The number of hydrogen-bond acceptors (Lipinski definition) is 7. The summed E-state index contributed by atoms with van der Waals surface area (Å²) < 4.78 is 0. The predicted molar refractivity (Wildman–Crippen MR) is 118 cm³/mol. The molecule has 2 rings (SSSR count). The standard InChI is InChI=1S/C22H33N3O4S/c1-22(2,3)29-25(16-27)12-14-30-21(17-6-10-23-11-7-17)19(8-13-26)20(28)18-5-4-9-24-15-18/h4-5,9,13,15-17,19,21,23H,6-8,10-12,14H2,1-3H3. The van der Waals surface area contributed by atoms with E-state index in [9.17, 15) is 14.4 Å². The number of aromatic nitrogens is 1. The van der Waals surface area contributed by atoms with Crippen LogP contribution in [0.2, 0.25) is 0 Å². The predicted octanol–water partition coefficient (Wildman–Crippen LogP) is 2.76. The number of piperidine rings is 1. The Kier molecular flexibility index (Phi) is 9.94. The SMILES string of the molecule is CC(C)(C)ON(C=O)CCSC(C1CCNCC1)C(CC=O)C(=O)c1cccnc1. The molecular weight excluding hydrogens is 402 g/mol. The first kappa shape index (κ1) is 24.5. The van der Waals surface area contributed by atoms with Gasteiger partial charge in [0.15, 0.2) is 5.78 Å². The van der Waals surface area contributed by atoms with Gasteiger partial charge in [-0.05, 0) is 64.8 Å². The van der Waals surface area contributed by atoms with Crippen LogP contribution in [0, 0.1) is 11.8 Å². The van der Waals surface area contributed by atoms with Crippen molar-refractivity contribution in [2.24, 2.45) is 11.8 Å². The van der Waals surface area contributed by atoms with E-state index in [-0.39, 0.29) is 17.5 Å². The molecule has 1 saturated heterocycles. The number of aldehydes is 1. The fourth-order valence-corrected chi connectivity index (χ4v) is 5.29. The third-order valence-corrected chi connectivity index (χ3v) is 6.53. The number of rotatable bonds is 12. The number of carbonyl (C=O) groups excluding carboxylic acids is 3. The van der Waals surface area contributed by atoms with E-state index in [1.807, 2.05) is 20.8 Å². The van der Waals surface area contributed by atoms with Gasteiger partial charge in [-0.15, -0.1) is 0 Å². The van der Waals surface area contributed by atoms with Crippen LogP contribution in [-0.2, 0) is 14.4 Å². The molecule has 2 heterocycles. The fourth-order valence-electron chi connectivity index (χ4n) is 3.72. The average molecular weight is 436 g/mol. The zero-order valence-corrected chi connectivity index (χ0v) is 18.9. The molecule has 1 amide bonds. The minimum atomic E-state index is -0.462. The maximum absolute atomic E-state index is 13.2. The Morgan fingerprint density at radius 1 is 1.37 bits per heavy atom. The Hall–Kier alpha value is -1.77. The van der Waals surface area contributed by atoms with Crippen LogP contribution in [0.4, 0.5) is 0 Å². The van der Waals surface area contributed by atoms with Gasteiger partial charge < -0.3 is 10.1 Å². The van der Waals surface area contributed by atoms with E-state index in [0.717, 1.165) is 32.2 Å². The van der Waals surface area contributed by atoms with Crippen molar-refractivity contribution in [2.75, 3.05) is 25.4 Å². The van der Waals surface area contributed by atoms with Crippen molar-refractivity contribution in [3.63, 3.8) is 0 Å². The van der Waals surface area contributed by atoms with Gasteiger partial charge in [-0.3, -0.25) is 19.4 Å². The fraction of sp³-hybridized carbons (Fsp3) is 0.636. The van der Waals surface area contributed by atoms with Crippen molar-refractivity contribution in [3.8, 4) is 0 Å². The van der Waals surface area contributed by atoms with Crippen molar-refractivity contribution in [2.45, 2.75) is 50.9 Å². The summed E-state index contributed by atoms with van der Waals surface area (Å²) in [6.07, 6.45) is 6.84. The minimum absolute atomic E-state index is 0.00635. The number of Topliss-reactive ketones (excluding diaryl/α,β-unsaturated/α-hetero) is 1. The summed E-state index contributed by atoms with van der Waals surface area (Å²) in [6, 6.07) is 3.49. The van der Waals surface area contributed by atoms with E-state index in [0.29, 0.717) is 30.2 Å². The van der Waals surface area contributed by atoms with Crippen LogP contribution in [0.15, 0.2) is 24.5 Å². The number of nitrogens with zero attached hydrogens (tertiary/aromatic N) is 2. The molecule has 166 valence electrons. The van der Waals surface area contributed by atoms with Crippen molar-refractivity contribution in [1.82, 2.24) is 15.4 Å². The summed E-state index contributed by atoms with van der Waals surface area (Å²) in [5.74, 6) is 0.506. The maximum Gasteiger partial charge on any atom is 0.233 e. The monoisotopic (exact) mass is 435 g/mol. The van der Waals surface area contributed by atoms with Crippen LogP contribution in [0.3, 0.4) is 0 Å². The van der Waals surface area contributed by atoms with E-state index < -0.39 is 11.5 Å². The van der Waals surface area contributed by atoms with E-state index in [2.05, 4.69) is 10.3 Å². The minimum Gasteiger partial charge on any atom is -0.317 e. The summed E-state index contributed by atoms with van der Waals surface area (Å²) in [5.41, 5.74) is 0.0746. The molecule has 1 N–H and O–H groups in total. The van der Waals surface area contributed by atoms with Crippen LogP contribution in [0.5, 0.6) is 0 Å². The molecule has 2 atom stereocenters.